The molecule has 1 aliphatic rings. The normalized spacial score (nSPS) is 13.8. The summed E-state index contributed by atoms with van der Waals surface area (Å²) < 4.78 is 42.6. The maximum Gasteiger partial charge on any atom is 0.436 e. The third kappa shape index (κ3) is 6.18. The zero-order valence-electron chi connectivity index (χ0n) is 17.4. The fraction of sp³-hybridized carbons (Fsp3) is 0.381. The summed E-state index contributed by atoms with van der Waals surface area (Å²) in [6.07, 6.45) is 1.11. The smallest absolute Gasteiger partial charge is 0.362 e. The van der Waals surface area contributed by atoms with Gasteiger partial charge in [-0.05, 0) is 49.2 Å². The lowest BCUT2D eigenvalue weighted by atomic mass is 10.2. The van der Waals surface area contributed by atoms with Crippen molar-refractivity contribution in [2.24, 2.45) is 0 Å². The molecule has 3 aromatic rings. The van der Waals surface area contributed by atoms with E-state index in [1.165, 1.54) is 4.68 Å². The highest BCUT2D eigenvalue weighted by atomic mass is 35.5. The quantitative estimate of drug-likeness (QED) is 0.296. The number of rotatable bonds is 8. The van der Waals surface area contributed by atoms with E-state index in [9.17, 15) is 13.2 Å². The van der Waals surface area contributed by atoms with E-state index in [-0.39, 0.29) is 10.9 Å². The number of nitrogens with one attached hydrogen (secondary N) is 2. The van der Waals surface area contributed by atoms with Gasteiger partial charge >= 0.3 is 6.18 Å². The molecule has 2 aromatic heterocycles. The van der Waals surface area contributed by atoms with Gasteiger partial charge in [0.25, 0.3) is 0 Å². The summed E-state index contributed by atoms with van der Waals surface area (Å²) in [6.45, 7) is 1.35. The van der Waals surface area contributed by atoms with Crippen LogP contribution >= 0.6 is 35.4 Å². The number of halogens is 5. The van der Waals surface area contributed by atoms with E-state index in [1.807, 2.05) is 30.5 Å². The molecule has 0 amide bonds. The average Bonchev–Trinajstić information content (AvgIpc) is 3.38. The third-order valence-electron chi connectivity index (χ3n) is 5.12. The molecule has 1 aliphatic carbocycles. The highest BCUT2D eigenvalue weighted by Gasteiger charge is 2.41. The van der Waals surface area contributed by atoms with Crippen molar-refractivity contribution in [3.8, 4) is 0 Å². The number of benzene rings is 1. The van der Waals surface area contributed by atoms with Gasteiger partial charge in [-0.3, -0.25) is 9.36 Å². The summed E-state index contributed by atoms with van der Waals surface area (Å²) in [7, 11) is 0. The second-order valence-corrected chi connectivity index (χ2v) is 9.06. The van der Waals surface area contributed by atoms with Gasteiger partial charge < -0.3 is 10.6 Å². The molecule has 1 fully saturated rings. The van der Waals surface area contributed by atoms with E-state index in [1.54, 1.807) is 10.9 Å². The van der Waals surface area contributed by atoms with Gasteiger partial charge in [-0.2, -0.15) is 23.4 Å². The maximum atomic E-state index is 13.2. The second-order valence-electron chi connectivity index (χ2n) is 7.83. The van der Waals surface area contributed by atoms with Gasteiger partial charge in [0.1, 0.15) is 0 Å². The van der Waals surface area contributed by atoms with Crippen LogP contribution in [0.5, 0.6) is 0 Å². The molecule has 0 unspecified atom stereocenters. The average molecular weight is 517 g/mol. The lowest BCUT2D eigenvalue weighted by Gasteiger charge is -2.10. The predicted molar refractivity (Wildman–Crippen MR) is 126 cm³/mol. The van der Waals surface area contributed by atoms with Crippen molar-refractivity contribution in [3.05, 3.63) is 63.7 Å². The Labute approximate surface area is 204 Å². The van der Waals surface area contributed by atoms with Crippen LogP contribution in [0.15, 0.2) is 36.7 Å². The monoisotopic (exact) mass is 516 g/mol. The van der Waals surface area contributed by atoms with Gasteiger partial charge in [0, 0.05) is 30.2 Å². The molecule has 176 valence electrons. The molecule has 4 rings (SSSR count). The predicted octanol–water partition coefficient (Wildman–Crippen LogP) is 5.71. The Kier molecular flexibility index (Phi) is 7.16. The van der Waals surface area contributed by atoms with Gasteiger partial charge in [0.15, 0.2) is 10.8 Å². The molecule has 0 atom stereocenters. The summed E-state index contributed by atoms with van der Waals surface area (Å²) in [5.41, 5.74) is 1.22. The number of aryl methyl sites for hydroxylation is 1. The summed E-state index contributed by atoms with van der Waals surface area (Å²) in [5, 5.41) is 14.9. The Balaban J connectivity index is 1.26. The highest BCUT2D eigenvalue weighted by Crippen LogP contribution is 2.46. The fourth-order valence-electron chi connectivity index (χ4n) is 3.49. The van der Waals surface area contributed by atoms with Gasteiger partial charge in [-0.1, -0.05) is 35.3 Å². The summed E-state index contributed by atoms with van der Waals surface area (Å²) >= 11 is 17.3. The standard InChI is InChI=1S/C21H21Cl2F3N6S/c22-15-4-1-3-13(9-15)11-31-12-16(10-28-31)29-20(33)27-7-2-8-32-18(14-5-6-14)17(23)19(30-32)21(24,25)26/h1,3-4,9-10,12,14H,2,5-8,11H2,(H2,27,29,33). The minimum absolute atomic E-state index is 0.0558. The number of aromatic nitrogens is 4. The first-order valence-electron chi connectivity index (χ1n) is 10.4. The molecule has 2 heterocycles. The molecule has 2 N–H and O–H groups in total. The van der Waals surface area contributed by atoms with Crippen LogP contribution in [0, 0.1) is 0 Å². The second kappa shape index (κ2) is 9.90. The van der Waals surface area contributed by atoms with Crippen LogP contribution in [-0.4, -0.2) is 31.2 Å². The molecule has 1 saturated carbocycles. The van der Waals surface area contributed by atoms with E-state index in [0.717, 1.165) is 24.1 Å². The van der Waals surface area contributed by atoms with E-state index >= 15 is 0 Å². The number of thiocarbonyl (C=S) groups is 1. The minimum Gasteiger partial charge on any atom is -0.362 e. The largest absolute Gasteiger partial charge is 0.436 e. The number of nitrogens with zero attached hydrogens (tertiary/aromatic N) is 4. The molecular weight excluding hydrogens is 496 g/mol. The summed E-state index contributed by atoms with van der Waals surface area (Å²) in [6, 6.07) is 7.54. The summed E-state index contributed by atoms with van der Waals surface area (Å²) in [4.78, 5) is 0. The molecule has 0 spiro atoms. The van der Waals surface area contributed by atoms with Crippen molar-refractivity contribution < 1.29 is 13.2 Å². The lowest BCUT2D eigenvalue weighted by molar-refractivity contribution is -0.141. The first-order chi connectivity index (χ1) is 15.7. The van der Waals surface area contributed by atoms with E-state index in [2.05, 4.69) is 20.8 Å². The Morgan fingerprint density at radius 1 is 1.24 bits per heavy atom. The Hall–Kier alpha value is -2.30. The van der Waals surface area contributed by atoms with Crippen molar-refractivity contribution >= 4 is 46.2 Å². The van der Waals surface area contributed by atoms with Crippen LogP contribution < -0.4 is 10.6 Å². The van der Waals surface area contributed by atoms with Crippen molar-refractivity contribution in [2.75, 3.05) is 11.9 Å². The van der Waals surface area contributed by atoms with Crippen LogP contribution in [0.3, 0.4) is 0 Å². The van der Waals surface area contributed by atoms with Crippen molar-refractivity contribution in [2.45, 2.75) is 44.4 Å². The molecule has 0 radical (unpaired) electrons. The molecular formula is C21H21Cl2F3N6S. The Morgan fingerprint density at radius 2 is 2.03 bits per heavy atom. The number of anilines is 1. The maximum absolute atomic E-state index is 13.2. The fourth-order valence-corrected chi connectivity index (χ4v) is 4.32. The minimum atomic E-state index is -4.56. The third-order valence-corrected chi connectivity index (χ3v) is 5.98. The lowest BCUT2D eigenvalue weighted by Crippen LogP contribution is -2.29. The first kappa shape index (κ1) is 23.8. The highest BCUT2D eigenvalue weighted by molar-refractivity contribution is 7.80. The molecule has 0 saturated heterocycles. The summed E-state index contributed by atoms with van der Waals surface area (Å²) in [5.74, 6) is 0.0558. The zero-order chi connectivity index (χ0) is 23.6. The number of hydrogen-bond donors (Lipinski definition) is 2. The van der Waals surface area contributed by atoms with Crippen molar-refractivity contribution in [1.82, 2.24) is 24.9 Å². The van der Waals surface area contributed by atoms with E-state index < -0.39 is 11.9 Å². The van der Waals surface area contributed by atoms with E-state index in [4.69, 9.17) is 35.4 Å². The van der Waals surface area contributed by atoms with Crippen LogP contribution in [0.2, 0.25) is 10.0 Å². The Bertz CT molecular complexity index is 1140. The van der Waals surface area contributed by atoms with Gasteiger partial charge in [-0.15, -0.1) is 0 Å². The topological polar surface area (TPSA) is 59.7 Å². The van der Waals surface area contributed by atoms with Crippen LogP contribution in [0.1, 0.15) is 42.1 Å². The number of alkyl halides is 3. The zero-order valence-corrected chi connectivity index (χ0v) is 19.7. The molecule has 33 heavy (non-hydrogen) atoms. The van der Waals surface area contributed by atoms with Crippen LogP contribution in [0.4, 0.5) is 18.9 Å². The first-order valence-corrected chi connectivity index (χ1v) is 11.5. The van der Waals surface area contributed by atoms with Crippen LogP contribution in [-0.2, 0) is 19.3 Å². The molecule has 0 aliphatic heterocycles. The SMILES string of the molecule is FC(F)(F)c1nn(CCCNC(=S)Nc2cnn(Cc3cccc(Cl)c3)c2)c(C2CC2)c1Cl. The van der Waals surface area contributed by atoms with E-state index in [0.29, 0.717) is 41.9 Å². The van der Waals surface area contributed by atoms with Gasteiger partial charge in [0.05, 0.1) is 29.1 Å². The van der Waals surface area contributed by atoms with Crippen molar-refractivity contribution in [3.63, 3.8) is 0 Å². The Morgan fingerprint density at radius 3 is 2.73 bits per heavy atom. The molecule has 0 bridgehead atoms. The molecule has 6 nitrogen and oxygen atoms in total. The molecule has 1 aromatic carbocycles. The number of hydrogen-bond acceptors (Lipinski definition) is 3. The molecule has 12 heteroatoms. The van der Waals surface area contributed by atoms with Gasteiger partial charge in [0.2, 0.25) is 0 Å². The van der Waals surface area contributed by atoms with Crippen molar-refractivity contribution in [1.29, 1.82) is 0 Å². The van der Waals surface area contributed by atoms with Gasteiger partial charge in [-0.25, -0.2) is 0 Å². The van der Waals surface area contributed by atoms with Crippen LogP contribution in [0.25, 0.3) is 0 Å².